The van der Waals surface area contributed by atoms with Crippen LogP contribution in [0.25, 0.3) is 0 Å². The van der Waals surface area contributed by atoms with Crippen molar-refractivity contribution in [3.05, 3.63) is 0 Å². The van der Waals surface area contributed by atoms with E-state index in [4.69, 9.17) is 0 Å². The summed E-state index contributed by atoms with van der Waals surface area (Å²) in [6.07, 6.45) is 7.16. The Morgan fingerprint density at radius 1 is 1.18 bits per heavy atom. The van der Waals surface area contributed by atoms with Crippen molar-refractivity contribution in [1.82, 2.24) is 4.90 Å². The molecule has 100 valence electrons. The van der Waals surface area contributed by atoms with E-state index in [1.165, 1.54) is 38.8 Å². The number of aliphatic hydroxyl groups is 1. The van der Waals surface area contributed by atoms with E-state index in [0.29, 0.717) is 11.5 Å². The highest BCUT2D eigenvalue weighted by molar-refractivity contribution is 4.93. The smallest absolute Gasteiger partial charge is 0.0555 e. The molecule has 1 heterocycles. The minimum Gasteiger partial charge on any atom is -0.393 e. The zero-order valence-electron chi connectivity index (χ0n) is 11.8. The maximum absolute atomic E-state index is 9.91. The van der Waals surface area contributed by atoms with Crippen LogP contribution < -0.4 is 0 Å². The van der Waals surface area contributed by atoms with E-state index in [1.54, 1.807) is 0 Å². The Labute approximate surface area is 106 Å². The van der Waals surface area contributed by atoms with Gasteiger partial charge >= 0.3 is 0 Å². The first-order valence-electron chi connectivity index (χ1n) is 7.45. The maximum atomic E-state index is 9.91. The molecule has 0 bridgehead atoms. The third-order valence-corrected chi connectivity index (χ3v) is 5.19. The summed E-state index contributed by atoms with van der Waals surface area (Å²) in [7, 11) is 0. The molecule has 1 saturated heterocycles. The number of piperidine rings is 1. The van der Waals surface area contributed by atoms with Crippen molar-refractivity contribution in [2.45, 2.75) is 71.4 Å². The summed E-state index contributed by atoms with van der Waals surface area (Å²) in [6.45, 7) is 9.58. The van der Waals surface area contributed by atoms with Crippen LogP contribution in [0.15, 0.2) is 0 Å². The molecule has 0 aromatic rings. The summed E-state index contributed by atoms with van der Waals surface area (Å²) in [4.78, 5) is 2.66. The average Bonchev–Trinajstić information content (AvgIpc) is 2.33. The Morgan fingerprint density at radius 2 is 1.82 bits per heavy atom. The zero-order valence-corrected chi connectivity index (χ0v) is 11.8. The number of hydrogen-bond donors (Lipinski definition) is 1. The predicted octanol–water partition coefficient (Wildman–Crippen LogP) is 3.05. The van der Waals surface area contributed by atoms with E-state index < -0.39 is 0 Å². The molecule has 2 atom stereocenters. The minimum absolute atomic E-state index is 0.0584. The van der Waals surface area contributed by atoms with E-state index in [9.17, 15) is 5.11 Å². The van der Waals surface area contributed by atoms with Gasteiger partial charge in [-0.3, -0.25) is 4.90 Å². The molecule has 0 aromatic carbocycles. The van der Waals surface area contributed by atoms with Gasteiger partial charge in [0.2, 0.25) is 0 Å². The lowest BCUT2D eigenvalue weighted by molar-refractivity contribution is -0.0241. The maximum Gasteiger partial charge on any atom is 0.0555 e. The van der Waals surface area contributed by atoms with Crippen LogP contribution in [0.4, 0.5) is 0 Å². The molecule has 17 heavy (non-hydrogen) atoms. The van der Waals surface area contributed by atoms with Gasteiger partial charge in [0.25, 0.3) is 0 Å². The summed E-state index contributed by atoms with van der Waals surface area (Å²) in [5, 5.41) is 9.91. The van der Waals surface area contributed by atoms with Gasteiger partial charge in [-0.2, -0.15) is 0 Å². The molecule has 2 rings (SSSR count). The third-order valence-electron chi connectivity index (χ3n) is 5.19. The van der Waals surface area contributed by atoms with Crippen LogP contribution in [-0.4, -0.2) is 35.2 Å². The summed E-state index contributed by atoms with van der Waals surface area (Å²) in [5.41, 5.74) is 0.387. The van der Waals surface area contributed by atoms with Gasteiger partial charge in [-0.15, -0.1) is 0 Å². The Balaban J connectivity index is 1.96. The fraction of sp³-hybridized carbons (Fsp3) is 1.00. The Hall–Kier alpha value is -0.0800. The zero-order chi connectivity index (χ0) is 12.5. The molecule has 1 aliphatic heterocycles. The quantitative estimate of drug-likeness (QED) is 0.800. The standard InChI is InChI=1S/C15H29NO/c1-4-12-6-9-16(10-7-12)14-11-13(17)5-8-15(14,2)3/h12-14,17H,4-11H2,1-3H3. The van der Waals surface area contributed by atoms with Crippen LogP contribution in [0.1, 0.15) is 59.3 Å². The molecule has 0 spiro atoms. The van der Waals surface area contributed by atoms with Crippen molar-refractivity contribution in [3.8, 4) is 0 Å². The average molecular weight is 239 g/mol. The molecular weight excluding hydrogens is 210 g/mol. The molecule has 1 aliphatic carbocycles. The summed E-state index contributed by atoms with van der Waals surface area (Å²) < 4.78 is 0. The molecule has 2 fully saturated rings. The second kappa shape index (κ2) is 5.27. The van der Waals surface area contributed by atoms with Gasteiger partial charge in [-0.25, -0.2) is 0 Å². The monoisotopic (exact) mass is 239 g/mol. The van der Waals surface area contributed by atoms with Crippen molar-refractivity contribution < 1.29 is 5.11 Å². The van der Waals surface area contributed by atoms with Crippen LogP contribution in [-0.2, 0) is 0 Å². The van der Waals surface area contributed by atoms with E-state index >= 15 is 0 Å². The Bertz CT molecular complexity index is 243. The number of aliphatic hydroxyl groups excluding tert-OH is 1. The molecule has 1 N–H and O–H groups in total. The first-order chi connectivity index (χ1) is 8.03. The lowest BCUT2D eigenvalue weighted by Crippen LogP contribution is -2.52. The SMILES string of the molecule is CCC1CCN(C2CC(O)CCC2(C)C)CC1. The highest BCUT2D eigenvalue weighted by Gasteiger charge is 2.40. The molecule has 0 aromatic heterocycles. The highest BCUT2D eigenvalue weighted by Crippen LogP contribution is 2.40. The van der Waals surface area contributed by atoms with Crippen LogP contribution in [0.5, 0.6) is 0 Å². The number of nitrogens with zero attached hydrogens (tertiary/aromatic N) is 1. The minimum atomic E-state index is -0.0584. The second-order valence-corrected chi connectivity index (χ2v) is 6.82. The van der Waals surface area contributed by atoms with Gasteiger partial charge in [-0.05, 0) is 56.5 Å². The van der Waals surface area contributed by atoms with E-state index in [0.717, 1.165) is 18.8 Å². The van der Waals surface area contributed by atoms with Crippen LogP contribution in [0.2, 0.25) is 0 Å². The third kappa shape index (κ3) is 3.03. The Morgan fingerprint density at radius 3 is 2.41 bits per heavy atom. The molecule has 2 nitrogen and oxygen atoms in total. The summed E-state index contributed by atoms with van der Waals surface area (Å²) >= 11 is 0. The molecule has 2 aliphatic rings. The van der Waals surface area contributed by atoms with Crippen molar-refractivity contribution in [3.63, 3.8) is 0 Å². The van der Waals surface area contributed by atoms with Crippen LogP contribution in [0, 0.1) is 11.3 Å². The van der Waals surface area contributed by atoms with Gasteiger partial charge in [-0.1, -0.05) is 27.2 Å². The van der Waals surface area contributed by atoms with E-state index in [1.807, 2.05) is 0 Å². The normalized spacial score (nSPS) is 36.0. The predicted molar refractivity (Wildman–Crippen MR) is 72.0 cm³/mol. The van der Waals surface area contributed by atoms with Gasteiger partial charge in [0.05, 0.1) is 6.10 Å². The fourth-order valence-electron chi connectivity index (χ4n) is 3.72. The first kappa shape index (κ1) is 13.4. The lowest BCUT2D eigenvalue weighted by atomic mass is 9.71. The van der Waals surface area contributed by atoms with E-state index in [-0.39, 0.29) is 6.10 Å². The van der Waals surface area contributed by atoms with Gasteiger partial charge < -0.3 is 5.11 Å². The Kier molecular flexibility index (Phi) is 4.14. The largest absolute Gasteiger partial charge is 0.393 e. The fourth-order valence-corrected chi connectivity index (χ4v) is 3.72. The van der Waals surface area contributed by atoms with Gasteiger partial charge in [0.1, 0.15) is 0 Å². The molecule has 2 unspecified atom stereocenters. The molecule has 1 saturated carbocycles. The van der Waals surface area contributed by atoms with E-state index in [2.05, 4.69) is 25.7 Å². The first-order valence-corrected chi connectivity index (χ1v) is 7.45. The van der Waals surface area contributed by atoms with Crippen molar-refractivity contribution in [2.75, 3.05) is 13.1 Å². The van der Waals surface area contributed by atoms with Crippen molar-refractivity contribution in [2.24, 2.45) is 11.3 Å². The number of rotatable bonds is 2. The highest BCUT2D eigenvalue weighted by atomic mass is 16.3. The van der Waals surface area contributed by atoms with Crippen molar-refractivity contribution >= 4 is 0 Å². The topological polar surface area (TPSA) is 23.5 Å². The molecule has 0 amide bonds. The lowest BCUT2D eigenvalue weighted by Gasteiger charge is -2.49. The van der Waals surface area contributed by atoms with Crippen molar-refractivity contribution in [1.29, 1.82) is 0 Å². The molecule has 2 heteroatoms. The van der Waals surface area contributed by atoms with Gasteiger partial charge in [0.15, 0.2) is 0 Å². The van der Waals surface area contributed by atoms with Gasteiger partial charge in [0, 0.05) is 6.04 Å². The summed E-state index contributed by atoms with van der Waals surface area (Å²) in [6, 6.07) is 0.601. The number of likely N-dealkylation sites (tertiary alicyclic amines) is 1. The second-order valence-electron chi connectivity index (χ2n) is 6.82. The molecular formula is C15H29NO. The molecule has 0 radical (unpaired) electrons. The van der Waals surface area contributed by atoms with Crippen LogP contribution >= 0.6 is 0 Å². The van der Waals surface area contributed by atoms with Crippen LogP contribution in [0.3, 0.4) is 0 Å². The summed E-state index contributed by atoms with van der Waals surface area (Å²) in [5.74, 6) is 0.947. The number of hydrogen-bond acceptors (Lipinski definition) is 2.